The van der Waals surface area contributed by atoms with Crippen molar-refractivity contribution in [2.45, 2.75) is 50.4 Å². The average Bonchev–Trinajstić information content (AvgIpc) is 3.13. The normalized spacial score (nSPS) is 18.7. The second-order valence-electron chi connectivity index (χ2n) is 9.31. The third kappa shape index (κ3) is 6.07. The van der Waals surface area contributed by atoms with Gasteiger partial charge in [0, 0.05) is 17.4 Å². The summed E-state index contributed by atoms with van der Waals surface area (Å²) >= 11 is 0. The molecule has 2 atom stereocenters. The Morgan fingerprint density at radius 3 is 2.21 bits per heavy atom. The van der Waals surface area contributed by atoms with Crippen molar-refractivity contribution in [2.75, 3.05) is 4.90 Å². The number of ether oxygens (including phenoxy) is 1. The molecule has 4 rings (SSSR count). The predicted octanol–water partition coefficient (Wildman–Crippen LogP) is 6.51. The van der Waals surface area contributed by atoms with Gasteiger partial charge in [0.25, 0.3) is 0 Å². The number of pyridine rings is 1. The molecule has 2 unspecified atom stereocenters. The first-order chi connectivity index (χ1) is 17.6. The molecule has 38 heavy (non-hydrogen) atoms. The molecule has 1 aliphatic rings. The van der Waals surface area contributed by atoms with E-state index in [0.29, 0.717) is 11.1 Å². The van der Waals surface area contributed by atoms with Crippen LogP contribution in [-0.2, 0) is 16.5 Å². The van der Waals surface area contributed by atoms with Crippen molar-refractivity contribution in [1.29, 1.82) is 0 Å². The van der Waals surface area contributed by atoms with Gasteiger partial charge in [-0.2, -0.15) is 13.2 Å². The Hall–Kier alpha value is -3.67. The molecule has 0 saturated carbocycles. The molecule has 0 spiro atoms. The fourth-order valence-electron chi connectivity index (χ4n) is 4.44. The van der Waals surface area contributed by atoms with E-state index in [1.807, 2.05) is 0 Å². The first kappa shape index (κ1) is 27.4. The molecule has 0 bridgehead atoms. The van der Waals surface area contributed by atoms with E-state index in [1.54, 1.807) is 19.9 Å². The smallest absolute Gasteiger partial charge is 0.406 e. The largest absolute Gasteiger partial charge is 0.573 e. The molecule has 1 aliphatic heterocycles. The summed E-state index contributed by atoms with van der Waals surface area (Å²) < 4.78 is 94.4. The highest BCUT2D eigenvalue weighted by atomic mass is 19.4. The molecule has 1 aromatic heterocycles. The number of nitrogens with zero attached hydrogens (tertiary/aromatic N) is 2. The minimum Gasteiger partial charge on any atom is -0.406 e. The first-order valence-electron chi connectivity index (χ1n) is 11.4. The maximum absolute atomic E-state index is 14.0. The zero-order valence-corrected chi connectivity index (χ0v) is 20.1. The van der Waals surface area contributed by atoms with Crippen LogP contribution >= 0.6 is 0 Å². The van der Waals surface area contributed by atoms with Crippen molar-refractivity contribution in [1.82, 2.24) is 10.3 Å². The minimum absolute atomic E-state index is 0.153. The van der Waals surface area contributed by atoms with E-state index in [1.165, 1.54) is 41.3 Å². The van der Waals surface area contributed by atoms with Crippen molar-refractivity contribution in [3.05, 3.63) is 89.5 Å². The number of aromatic nitrogens is 1. The molecule has 3 aromatic rings. The topological polar surface area (TPSA) is 54.5 Å². The average molecular weight is 541 g/mol. The van der Waals surface area contributed by atoms with E-state index in [0.717, 1.165) is 24.4 Å². The van der Waals surface area contributed by atoms with Crippen LogP contribution in [0.1, 0.15) is 43.1 Å². The van der Waals surface area contributed by atoms with Gasteiger partial charge in [-0.05, 0) is 73.9 Å². The summed E-state index contributed by atoms with van der Waals surface area (Å²) in [6.07, 6.45) is -8.25. The predicted molar refractivity (Wildman–Crippen MR) is 124 cm³/mol. The van der Waals surface area contributed by atoms with Crippen LogP contribution in [0, 0.1) is 5.82 Å². The molecule has 1 N–H and O–H groups in total. The molecular formula is C26H22F7N3O2. The van der Waals surface area contributed by atoms with Crippen molar-refractivity contribution >= 4 is 11.6 Å². The van der Waals surface area contributed by atoms with Crippen molar-refractivity contribution in [3.63, 3.8) is 0 Å². The highest BCUT2D eigenvalue weighted by molar-refractivity contribution is 6.00. The molecular weight excluding hydrogens is 519 g/mol. The molecule has 2 heterocycles. The van der Waals surface area contributed by atoms with Crippen LogP contribution in [0.25, 0.3) is 0 Å². The van der Waals surface area contributed by atoms with Crippen LogP contribution in [0.3, 0.4) is 0 Å². The number of hydrogen-bond donors (Lipinski definition) is 1. The fraction of sp³-hybridized carbons (Fsp3) is 0.308. The molecule has 12 heteroatoms. The standard InChI is InChI=1S/C26H22F7N3O2/c1-24(2,16-6-11-22(34-14-16)25(28,29)30)35-20-13-21(15-4-3-5-17(27)12-15)36(23(20)37)18-7-9-19(10-8-18)38-26(31,32)33/h3-12,14,20-21,35H,13H2,1-2H3. The Kier molecular flexibility index (Phi) is 7.13. The first-order valence-corrected chi connectivity index (χ1v) is 11.4. The SMILES string of the molecule is CC(C)(NC1CC(c2cccc(F)c2)N(c2ccc(OC(F)(F)F)cc2)C1=O)c1ccc(C(F)(F)F)nc1. The molecule has 202 valence electrons. The maximum Gasteiger partial charge on any atom is 0.573 e. The zero-order chi connectivity index (χ0) is 27.9. The van der Waals surface area contributed by atoms with Crippen molar-refractivity contribution in [3.8, 4) is 5.75 Å². The van der Waals surface area contributed by atoms with E-state index in [4.69, 9.17) is 0 Å². The Labute approximate surface area is 213 Å². The Balaban J connectivity index is 1.63. The number of rotatable bonds is 6. The summed E-state index contributed by atoms with van der Waals surface area (Å²) in [7, 11) is 0. The van der Waals surface area contributed by atoms with E-state index < -0.39 is 53.3 Å². The quantitative estimate of drug-likeness (QED) is 0.362. The number of carbonyl (C=O) groups is 1. The minimum atomic E-state index is -4.89. The van der Waals surface area contributed by atoms with Crippen LogP contribution in [0.2, 0.25) is 0 Å². The molecule has 1 saturated heterocycles. The lowest BCUT2D eigenvalue weighted by molar-refractivity contribution is -0.274. The monoisotopic (exact) mass is 541 g/mol. The van der Waals surface area contributed by atoms with Gasteiger partial charge < -0.3 is 9.64 Å². The molecule has 0 aliphatic carbocycles. The summed E-state index contributed by atoms with van der Waals surface area (Å²) in [5.41, 5.74) is -0.925. The number of halogens is 7. The molecule has 2 aromatic carbocycles. The van der Waals surface area contributed by atoms with Gasteiger partial charge in [-0.15, -0.1) is 13.2 Å². The number of anilines is 1. The zero-order valence-electron chi connectivity index (χ0n) is 20.1. The molecule has 1 amide bonds. The van der Waals surface area contributed by atoms with Crippen LogP contribution in [0.15, 0.2) is 66.9 Å². The van der Waals surface area contributed by atoms with Crippen molar-refractivity contribution < 1.29 is 40.3 Å². The Bertz CT molecular complexity index is 1290. The molecule has 1 fully saturated rings. The van der Waals surface area contributed by atoms with E-state index in [-0.39, 0.29) is 12.1 Å². The molecule has 0 radical (unpaired) electrons. The number of alkyl halides is 6. The van der Waals surface area contributed by atoms with Gasteiger partial charge in [-0.3, -0.25) is 15.1 Å². The maximum atomic E-state index is 14.0. The van der Waals surface area contributed by atoms with Crippen LogP contribution < -0.4 is 15.0 Å². The van der Waals surface area contributed by atoms with Crippen LogP contribution in [0.4, 0.5) is 36.4 Å². The van der Waals surface area contributed by atoms with E-state index in [9.17, 15) is 35.5 Å². The van der Waals surface area contributed by atoms with Gasteiger partial charge in [-0.25, -0.2) is 4.39 Å². The third-order valence-corrected chi connectivity index (χ3v) is 6.20. The summed E-state index contributed by atoms with van der Waals surface area (Å²) in [6.45, 7) is 3.35. The van der Waals surface area contributed by atoms with Crippen LogP contribution in [-0.4, -0.2) is 23.3 Å². The lowest BCUT2D eigenvalue weighted by atomic mass is 9.93. The second kappa shape index (κ2) is 9.90. The van der Waals surface area contributed by atoms with Gasteiger partial charge in [0.05, 0.1) is 12.1 Å². The Morgan fingerprint density at radius 1 is 0.974 bits per heavy atom. The van der Waals surface area contributed by atoms with Crippen molar-refractivity contribution in [2.24, 2.45) is 0 Å². The summed E-state index contributed by atoms with van der Waals surface area (Å²) in [5, 5.41) is 3.16. The Morgan fingerprint density at radius 2 is 1.66 bits per heavy atom. The number of hydrogen-bond acceptors (Lipinski definition) is 4. The molecule has 5 nitrogen and oxygen atoms in total. The highest BCUT2D eigenvalue weighted by Gasteiger charge is 2.44. The number of amides is 1. The number of benzene rings is 2. The highest BCUT2D eigenvalue weighted by Crippen LogP contribution is 2.40. The fourth-order valence-corrected chi connectivity index (χ4v) is 4.44. The van der Waals surface area contributed by atoms with E-state index >= 15 is 0 Å². The van der Waals surface area contributed by atoms with E-state index in [2.05, 4.69) is 15.0 Å². The van der Waals surface area contributed by atoms with Gasteiger partial charge in [0.1, 0.15) is 17.3 Å². The van der Waals surface area contributed by atoms with Gasteiger partial charge in [0.2, 0.25) is 5.91 Å². The van der Waals surface area contributed by atoms with Gasteiger partial charge >= 0.3 is 12.5 Å². The lowest BCUT2D eigenvalue weighted by Gasteiger charge is -2.30. The third-order valence-electron chi connectivity index (χ3n) is 6.20. The summed E-state index contributed by atoms with van der Waals surface area (Å²) in [5.74, 6) is -1.45. The number of nitrogens with one attached hydrogen (secondary N) is 1. The van der Waals surface area contributed by atoms with Gasteiger partial charge in [-0.1, -0.05) is 18.2 Å². The van der Waals surface area contributed by atoms with Gasteiger partial charge in [0.15, 0.2) is 0 Å². The summed E-state index contributed by atoms with van der Waals surface area (Å²) in [6, 6.07) is 10.9. The number of carbonyl (C=O) groups excluding carboxylic acids is 1. The summed E-state index contributed by atoms with van der Waals surface area (Å²) in [4.78, 5) is 18.4. The second-order valence-corrected chi connectivity index (χ2v) is 9.31. The lowest BCUT2D eigenvalue weighted by Crippen LogP contribution is -2.47. The van der Waals surface area contributed by atoms with Crippen LogP contribution in [0.5, 0.6) is 5.75 Å².